The molecule has 160 valence electrons. The fourth-order valence-corrected chi connectivity index (χ4v) is 4.21. The van der Waals surface area contributed by atoms with Crippen LogP contribution in [-0.4, -0.2) is 0 Å². The van der Waals surface area contributed by atoms with E-state index in [1.807, 2.05) is 0 Å². The zero-order valence-corrected chi connectivity index (χ0v) is 20.5. The van der Waals surface area contributed by atoms with E-state index in [1.54, 1.807) is 0 Å². The molecule has 0 N–H and O–H groups in total. The molecule has 0 bridgehead atoms. The fraction of sp³-hybridized carbons (Fsp3) is 0.290. The molecule has 4 aromatic rings. The molecule has 0 heteroatoms. The first-order valence-corrected chi connectivity index (χ1v) is 11.4. The Labute approximate surface area is 189 Å². The second-order valence-corrected chi connectivity index (χ2v) is 8.91. The monoisotopic (exact) mass is 408 g/mol. The van der Waals surface area contributed by atoms with Crippen molar-refractivity contribution in [1.29, 1.82) is 0 Å². The van der Waals surface area contributed by atoms with Gasteiger partial charge in [0.15, 0.2) is 0 Å². The van der Waals surface area contributed by atoms with Crippen LogP contribution >= 0.6 is 0 Å². The summed E-state index contributed by atoms with van der Waals surface area (Å²) in [5.74, 6) is 0. The van der Waals surface area contributed by atoms with Gasteiger partial charge in [-0.3, -0.25) is 0 Å². The van der Waals surface area contributed by atoms with Gasteiger partial charge in [0.1, 0.15) is 0 Å². The smallest absolute Gasteiger partial charge is 0.0149 e. The Morgan fingerprint density at radius 2 is 0.903 bits per heavy atom. The van der Waals surface area contributed by atoms with Crippen molar-refractivity contribution in [2.75, 3.05) is 0 Å². The molecule has 0 heterocycles. The summed E-state index contributed by atoms with van der Waals surface area (Å²) >= 11 is 0. The fourth-order valence-electron chi connectivity index (χ4n) is 4.21. The third kappa shape index (κ3) is 4.90. The molecule has 4 rings (SSSR count). The van der Waals surface area contributed by atoms with Gasteiger partial charge >= 0.3 is 0 Å². The van der Waals surface area contributed by atoms with Gasteiger partial charge in [-0.15, -0.1) is 0 Å². The topological polar surface area (TPSA) is 0 Å². The van der Waals surface area contributed by atoms with Gasteiger partial charge in [-0.1, -0.05) is 67.6 Å². The minimum absolute atomic E-state index is 1.10. The predicted molar refractivity (Wildman–Crippen MR) is 138 cm³/mol. The number of benzene rings is 4. The molecule has 0 spiro atoms. The molecule has 0 fully saturated rings. The van der Waals surface area contributed by atoms with Crippen molar-refractivity contribution >= 4 is 10.8 Å². The molecular weight excluding hydrogens is 372 g/mol. The number of fused-ring (bicyclic) bond motifs is 1. The van der Waals surface area contributed by atoms with Crippen molar-refractivity contribution in [3.05, 3.63) is 105 Å². The first-order chi connectivity index (χ1) is 14.7. The lowest BCUT2D eigenvalue weighted by molar-refractivity contribution is 1.11. The minimum Gasteiger partial charge on any atom is -0.0614 e. The summed E-state index contributed by atoms with van der Waals surface area (Å²) in [4.78, 5) is 0. The maximum absolute atomic E-state index is 2.27. The molecule has 0 amide bonds. The van der Waals surface area contributed by atoms with Crippen LogP contribution in [0.5, 0.6) is 0 Å². The van der Waals surface area contributed by atoms with Crippen molar-refractivity contribution in [1.82, 2.24) is 0 Å². The van der Waals surface area contributed by atoms with Gasteiger partial charge < -0.3 is 0 Å². The van der Waals surface area contributed by atoms with Crippen LogP contribution in [0.25, 0.3) is 21.9 Å². The molecule has 0 saturated heterocycles. The minimum atomic E-state index is 1.10. The standard InChI is InChI=1S/C17H20.C14H16/c1-5-15-9-7-11-17(14(15)4)16-10-6-8-12(2)13(16)3;1-9-5-13-7-11(3)12(4)8-14(13)6-10(9)2/h6-11H,5H2,1-4H3;5-8H,1-4H3. The van der Waals surface area contributed by atoms with Crippen molar-refractivity contribution in [3.8, 4) is 11.1 Å². The van der Waals surface area contributed by atoms with Crippen LogP contribution < -0.4 is 0 Å². The summed E-state index contributed by atoms with van der Waals surface area (Å²) in [6.07, 6.45) is 1.10. The highest BCUT2D eigenvalue weighted by atomic mass is 14.1. The Morgan fingerprint density at radius 3 is 1.35 bits per heavy atom. The number of aryl methyl sites for hydroxylation is 6. The van der Waals surface area contributed by atoms with Gasteiger partial charge in [0.05, 0.1) is 0 Å². The lowest BCUT2D eigenvalue weighted by atomic mass is 9.91. The van der Waals surface area contributed by atoms with Crippen molar-refractivity contribution in [2.45, 2.75) is 61.8 Å². The van der Waals surface area contributed by atoms with E-state index < -0.39 is 0 Å². The molecule has 0 atom stereocenters. The van der Waals surface area contributed by atoms with Crippen LogP contribution in [0.15, 0.2) is 60.7 Å². The maximum Gasteiger partial charge on any atom is -0.0149 e. The van der Waals surface area contributed by atoms with E-state index in [1.165, 1.54) is 66.4 Å². The predicted octanol–water partition coefficient (Wildman–Crippen LogP) is 8.91. The van der Waals surface area contributed by atoms with E-state index in [-0.39, 0.29) is 0 Å². The second-order valence-electron chi connectivity index (χ2n) is 8.91. The molecule has 0 unspecified atom stereocenters. The Kier molecular flexibility index (Phi) is 7.01. The van der Waals surface area contributed by atoms with Gasteiger partial charge in [-0.2, -0.15) is 0 Å². The number of hydrogen-bond acceptors (Lipinski definition) is 0. The highest BCUT2D eigenvalue weighted by Crippen LogP contribution is 2.30. The first kappa shape index (κ1) is 22.8. The molecule has 0 aliphatic carbocycles. The lowest BCUT2D eigenvalue weighted by Crippen LogP contribution is -1.93. The van der Waals surface area contributed by atoms with Crippen LogP contribution in [0.3, 0.4) is 0 Å². The lowest BCUT2D eigenvalue weighted by Gasteiger charge is -2.14. The van der Waals surface area contributed by atoms with Gasteiger partial charge in [0.2, 0.25) is 0 Å². The molecule has 0 aliphatic rings. The quantitative estimate of drug-likeness (QED) is 0.310. The Bertz CT molecular complexity index is 1140. The highest BCUT2D eigenvalue weighted by Gasteiger charge is 2.08. The molecular formula is C31H36. The van der Waals surface area contributed by atoms with E-state index in [0.717, 1.165) is 6.42 Å². The normalized spacial score (nSPS) is 10.7. The summed E-state index contributed by atoms with van der Waals surface area (Å²) < 4.78 is 0. The first-order valence-electron chi connectivity index (χ1n) is 11.4. The zero-order chi connectivity index (χ0) is 22.7. The van der Waals surface area contributed by atoms with Crippen LogP contribution in [-0.2, 0) is 6.42 Å². The summed E-state index contributed by atoms with van der Waals surface area (Å²) in [6, 6.07) is 22.3. The molecule has 0 aromatic heterocycles. The Morgan fingerprint density at radius 1 is 0.484 bits per heavy atom. The SMILES string of the molecule is CCc1cccc(-c2cccc(C)c2C)c1C.Cc1cc2cc(C)c(C)cc2cc1C. The Hall–Kier alpha value is -2.86. The van der Waals surface area contributed by atoms with Gasteiger partial charge in [-0.05, 0) is 121 Å². The van der Waals surface area contributed by atoms with Crippen molar-refractivity contribution < 1.29 is 0 Å². The number of hydrogen-bond donors (Lipinski definition) is 0. The second kappa shape index (κ2) is 9.52. The third-order valence-electron chi connectivity index (χ3n) is 6.79. The maximum atomic E-state index is 2.27. The molecule has 4 aromatic carbocycles. The van der Waals surface area contributed by atoms with Crippen LogP contribution in [0, 0.1) is 48.5 Å². The largest absolute Gasteiger partial charge is 0.0614 e. The van der Waals surface area contributed by atoms with E-state index in [9.17, 15) is 0 Å². The van der Waals surface area contributed by atoms with Crippen molar-refractivity contribution in [3.63, 3.8) is 0 Å². The van der Waals surface area contributed by atoms with Gasteiger partial charge in [0, 0.05) is 0 Å². The molecule has 0 saturated carbocycles. The van der Waals surface area contributed by atoms with E-state index >= 15 is 0 Å². The highest BCUT2D eigenvalue weighted by molar-refractivity contribution is 5.85. The van der Waals surface area contributed by atoms with E-state index in [2.05, 4.69) is 116 Å². The number of rotatable bonds is 2. The van der Waals surface area contributed by atoms with E-state index in [4.69, 9.17) is 0 Å². The van der Waals surface area contributed by atoms with Crippen LogP contribution in [0.1, 0.15) is 51.4 Å². The van der Waals surface area contributed by atoms with Gasteiger partial charge in [0.25, 0.3) is 0 Å². The summed E-state index contributed by atoms with van der Waals surface area (Å²) in [7, 11) is 0. The average molecular weight is 409 g/mol. The molecule has 0 aliphatic heterocycles. The summed E-state index contributed by atoms with van der Waals surface area (Å²) in [6.45, 7) is 17.5. The van der Waals surface area contributed by atoms with Crippen LogP contribution in [0.2, 0.25) is 0 Å². The molecule has 0 radical (unpaired) electrons. The molecule has 0 nitrogen and oxygen atoms in total. The average Bonchev–Trinajstić information content (AvgIpc) is 2.73. The van der Waals surface area contributed by atoms with Crippen LogP contribution in [0.4, 0.5) is 0 Å². The Balaban J connectivity index is 0.000000179. The summed E-state index contributed by atoms with van der Waals surface area (Å²) in [5.41, 5.74) is 13.9. The molecule has 31 heavy (non-hydrogen) atoms. The third-order valence-corrected chi connectivity index (χ3v) is 6.79. The van der Waals surface area contributed by atoms with Gasteiger partial charge in [-0.25, -0.2) is 0 Å². The van der Waals surface area contributed by atoms with E-state index in [0.29, 0.717) is 0 Å². The van der Waals surface area contributed by atoms with Crippen molar-refractivity contribution in [2.24, 2.45) is 0 Å². The zero-order valence-electron chi connectivity index (χ0n) is 20.5. The summed E-state index contributed by atoms with van der Waals surface area (Å²) in [5, 5.41) is 2.72.